The van der Waals surface area contributed by atoms with Gasteiger partial charge in [-0.15, -0.1) is 11.3 Å². The highest BCUT2D eigenvalue weighted by molar-refractivity contribution is 7.91. The van der Waals surface area contributed by atoms with Crippen LogP contribution in [0.2, 0.25) is 4.34 Å². The molecule has 0 saturated carbocycles. The number of likely N-dealkylation sites (N-methyl/N-ethyl adjacent to an activating group) is 1. The number of carbonyl (C=O) groups is 1. The second-order valence-corrected chi connectivity index (χ2v) is 9.10. The van der Waals surface area contributed by atoms with Crippen LogP contribution in [-0.2, 0) is 14.8 Å². The van der Waals surface area contributed by atoms with Crippen molar-refractivity contribution < 1.29 is 13.2 Å². The maximum Gasteiger partial charge on any atom is 0.252 e. The molecule has 1 amide bonds. The normalized spacial score (nSPS) is 11.7. The fraction of sp³-hybridized carbons (Fsp3) is 0.267. The van der Waals surface area contributed by atoms with E-state index in [1.54, 1.807) is 6.07 Å². The molecule has 0 fully saturated rings. The number of hydrogen-bond acceptors (Lipinski definition) is 4. The summed E-state index contributed by atoms with van der Waals surface area (Å²) >= 11 is 6.74. The van der Waals surface area contributed by atoms with Gasteiger partial charge in [-0.1, -0.05) is 23.7 Å². The highest BCUT2D eigenvalue weighted by atomic mass is 35.5. The Bertz CT molecular complexity index is 831. The summed E-state index contributed by atoms with van der Waals surface area (Å²) in [5.74, 6) is -0.396. The fourth-order valence-electron chi connectivity index (χ4n) is 1.95. The number of anilines is 1. The summed E-state index contributed by atoms with van der Waals surface area (Å²) in [5.41, 5.74) is 2.69. The SMILES string of the molecule is Cc1cccc(NC(=O)CN(C)S(=O)(=O)c2ccc(Cl)s2)c1C. The molecule has 0 saturated heterocycles. The van der Waals surface area contributed by atoms with Crippen molar-refractivity contribution in [3.05, 3.63) is 45.8 Å². The van der Waals surface area contributed by atoms with Crippen LogP contribution in [0.3, 0.4) is 0 Å². The van der Waals surface area contributed by atoms with Crippen molar-refractivity contribution in [1.29, 1.82) is 0 Å². The number of hydrogen-bond donors (Lipinski definition) is 1. The van der Waals surface area contributed by atoms with Gasteiger partial charge in [0.05, 0.1) is 10.9 Å². The fourth-order valence-corrected chi connectivity index (χ4v) is 4.77. The standard InChI is InChI=1S/C15H17ClN2O3S2/c1-10-5-4-6-12(11(10)2)17-14(19)9-18(3)23(20,21)15-8-7-13(16)22-15/h4-8H,9H2,1-3H3,(H,17,19). The quantitative estimate of drug-likeness (QED) is 0.875. The summed E-state index contributed by atoms with van der Waals surface area (Å²) in [5, 5.41) is 2.74. The molecule has 1 aromatic heterocycles. The molecule has 2 rings (SSSR count). The van der Waals surface area contributed by atoms with Crippen molar-refractivity contribution in [2.75, 3.05) is 18.9 Å². The van der Waals surface area contributed by atoms with Gasteiger partial charge in [-0.3, -0.25) is 4.79 Å². The van der Waals surface area contributed by atoms with E-state index in [0.29, 0.717) is 10.0 Å². The van der Waals surface area contributed by atoms with E-state index in [9.17, 15) is 13.2 Å². The Balaban J connectivity index is 2.09. The lowest BCUT2D eigenvalue weighted by Crippen LogP contribution is -2.34. The number of carbonyl (C=O) groups excluding carboxylic acids is 1. The van der Waals surface area contributed by atoms with Gasteiger partial charge in [-0.2, -0.15) is 4.31 Å². The van der Waals surface area contributed by atoms with E-state index in [4.69, 9.17) is 11.6 Å². The molecule has 124 valence electrons. The second kappa shape index (κ2) is 7.00. The molecule has 0 atom stereocenters. The van der Waals surface area contributed by atoms with Crippen LogP contribution < -0.4 is 5.32 Å². The minimum absolute atomic E-state index is 0.115. The van der Waals surface area contributed by atoms with Crippen molar-refractivity contribution in [2.24, 2.45) is 0 Å². The van der Waals surface area contributed by atoms with Gasteiger partial charge in [0.2, 0.25) is 5.91 Å². The maximum absolute atomic E-state index is 12.4. The van der Waals surface area contributed by atoms with E-state index in [0.717, 1.165) is 26.8 Å². The molecule has 0 bridgehead atoms. The van der Waals surface area contributed by atoms with Crippen molar-refractivity contribution in [3.8, 4) is 0 Å². The number of sulfonamides is 1. The molecule has 0 aliphatic carbocycles. The summed E-state index contributed by atoms with van der Waals surface area (Å²) in [6.45, 7) is 3.58. The maximum atomic E-state index is 12.4. The zero-order valence-electron chi connectivity index (χ0n) is 13.0. The summed E-state index contributed by atoms with van der Waals surface area (Å²) in [6.07, 6.45) is 0. The number of benzene rings is 1. The average molecular weight is 373 g/mol. The first-order valence-electron chi connectivity index (χ1n) is 6.79. The molecule has 5 nitrogen and oxygen atoms in total. The minimum Gasteiger partial charge on any atom is -0.325 e. The predicted octanol–water partition coefficient (Wildman–Crippen LogP) is 3.28. The minimum atomic E-state index is -3.72. The molecule has 8 heteroatoms. The van der Waals surface area contributed by atoms with Crippen LogP contribution in [0.25, 0.3) is 0 Å². The summed E-state index contributed by atoms with van der Waals surface area (Å²) in [6, 6.07) is 8.52. The molecular weight excluding hydrogens is 356 g/mol. The van der Waals surface area contributed by atoms with Crippen molar-refractivity contribution >= 4 is 44.6 Å². The van der Waals surface area contributed by atoms with Crippen LogP contribution in [0.1, 0.15) is 11.1 Å². The number of aryl methyl sites for hydroxylation is 1. The van der Waals surface area contributed by atoms with Crippen molar-refractivity contribution in [1.82, 2.24) is 4.31 Å². The second-order valence-electron chi connectivity index (χ2n) is 5.12. The van der Waals surface area contributed by atoms with Gasteiger partial charge in [0, 0.05) is 12.7 Å². The van der Waals surface area contributed by atoms with Gasteiger partial charge in [0.1, 0.15) is 4.21 Å². The smallest absolute Gasteiger partial charge is 0.252 e. The number of rotatable bonds is 5. The first kappa shape index (κ1) is 17.9. The number of amides is 1. The van der Waals surface area contributed by atoms with Crippen molar-refractivity contribution in [3.63, 3.8) is 0 Å². The number of halogens is 1. The largest absolute Gasteiger partial charge is 0.325 e. The molecule has 0 radical (unpaired) electrons. The number of nitrogens with one attached hydrogen (secondary N) is 1. The van der Waals surface area contributed by atoms with Crippen LogP contribution in [0, 0.1) is 13.8 Å². The first-order chi connectivity index (χ1) is 10.7. The third-order valence-electron chi connectivity index (χ3n) is 3.46. The van der Waals surface area contributed by atoms with Crippen LogP contribution >= 0.6 is 22.9 Å². The summed E-state index contributed by atoms with van der Waals surface area (Å²) in [4.78, 5) is 12.1. The van der Waals surface area contributed by atoms with E-state index in [1.165, 1.54) is 19.2 Å². The Morgan fingerprint density at radius 1 is 1.26 bits per heavy atom. The number of nitrogens with zero attached hydrogens (tertiary/aromatic N) is 1. The number of thiophene rings is 1. The van der Waals surface area contributed by atoms with Crippen LogP contribution in [-0.4, -0.2) is 32.2 Å². The monoisotopic (exact) mass is 372 g/mol. The summed E-state index contributed by atoms with van der Waals surface area (Å²) in [7, 11) is -2.35. The van der Waals surface area contributed by atoms with Gasteiger partial charge >= 0.3 is 0 Å². The topological polar surface area (TPSA) is 66.5 Å². The van der Waals surface area contributed by atoms with Crippen LogP contribution in [0.15, 0.2) is 34.5 Å². The predicted molar refractivity (Wildman–Crippen MR) is 93.7 cm³/mol. The van der Waals surface area contributed by atoms with E-state index in [1.807, 2.05) is 26.0 Å². The molecule has 1 heterocycles. The van der Waals surface area contributed by atoms with E-state index >= 15 is 0 Å². The van der Waals surface area contributed by atoms with Gasteiger partial charge in [0.25, 0.3) is 10.0 Å². The van der Waals surface area contributed by atoms with Gasteiger partial charge in [0.15, 0.2) is 0 Å². The molecule has 0 aliphatic rings. The average Bonchev–Trinajstić information content (AvgIpc) is 2.91. The molecule has 0 spiro atoms. The molecular formula is C15H17ClN2O3S2. The van der Waals surface area contributed by atoms with E-state index in [2.05, 4.69) is 5.32 Å². The van der Waals surface area contributed by atoms with Gasteiger partial charge in [-0.05, 0) is 43.2 Å². The Kier molecular flexibility index (Phi) is 5.46. The van der Waals surface area contributed by atoms with E-state index in [-0.39, 0.29) is 10.8 Å². The van der Waals surface area contributed by atoms with Gasteiger partial charge < -0.3 is 5.32 Å². The Hall–Kier alpha value is -1.41. The van der Waals surface area contributed by atoms with Crippen LogP contribution in [0.5, 0.6) is 0 Å². The third-order valence-corrected chi connectivity index (χ3v) is 6.96. The lowest BCUT2D eigenvalue weighted by molar-refractivity contribution is -0.116. The Morgan fingerprint density at radius 2 is 1.96 bits per heavy atom. The highest BCUT2D eigenvalue weighted by Gasteiger charge is 2.24. The molecule has 23 heavy (non-hydrogen) atoms. The lowest BCUT2D eigenvalue weighted by Gasteiger charge is -2.16. The van der Waals surface area contributed by atoms with E-state index < -0.39 is 15.9 Å². The zero-order chi connectivity index (χ0) is 17.2. The van der Waals surface area contributed by atoms with Crippen LogP contribution in [0.4, 0.5) is 5.69 Å². The third kappa shape index (κ3) is 4.11. The molecule has 2 aromatic rings. The van der Waals surface area contributed by atoms with Gasteiger partial charge in [-0.25, -0.2) is 8.42 Å². The first-order valence-corrected chi connectivity index (χ1v) is 9.43. The Labute approximate surface area is 144 Å². The van der Waals surface area contributed by atoms with Crippen molar-refractivity contribution in [2.45, 2.75) is 18.1 Å². The summed E-state index contributed by atoms with van der Waals surface area (Å²) < 4.78 is 26.2. The lowest BCUT2D eigenvalue weighted by atomic mass is 10.1. The molecule has 0 unspecified atom stereocenters. The highest BCUT2D eigenvalue weighted by Crippen LogP contribution is 2.27. The zero-order valence-corrected chi connectivity index (χ0v) is 15.3. The Morgan fingerprint density at radius 3 is 2.57 bits per heavy atom. The molecule has 1 N–H and O–H groups in total. The molecule has 1 aromatic carbocycles. The molecule has 0 aliphatic heterocycles.